The molecule has 0 spiro atoms. The lowest BCUT2D eigenvalue weighted by Crippen LogP contribution is -2.25. The maximum absolute atomic E-state index is 12.5. The number of aromatic hydroxyl groups is 1. The van der Waals surface area contributed by atoms with Gasteiger partial charge in [-0.05, 0) is 24.3 Å². The highest BCUT2D eigenvalue weighted by molar-refractivity contribution is 6.26. The van der Waals surface area contributed by atoms with Crippen molar-refractivity contribution in [1.29, 1.82) is 0 Å². The van der Waals surface area contributed by atoms with E-state index in [1.807, 2.05) is 0 Å². The Morgan fingerprint density at radius 1 is 1.10 bits per heavy atom. The lowest BCUT2D eigenvalue weighted by molar-refractivity contribution is -0.116. The number of hydrogen-bond donors (Lipinski definition) is 1. The summed E-state index contributed by atoms with van der Waals surface area (Å²) in [5, 5.41) is 9.84. The van der Waals surface area contributed by atoms with Crippen LogP contribution in [0.1, 0.15) is 22.8 Å². The second-order valence-corrected chi connectivity index (χ2v) is 4.79. The van der Waals surface area contributed by atoms with E-state index in [1.165, 1.54) is 17.9 Å². The number of allylic oxidation sites excluding steroid dienone is 1. The van der Waals surface area contributed by atoms with Gasteiger partial charge in [-0.1, -0.05) is 30.3 Å². The summed E-state index contributed by atoms with van der Waals surface area (Å²) in [5.74, 6) is -0.392. The second kappa shape index (κ2) is 4.90. The summed E-state index contributed by atoms with van der Waals surface area (Å²) in [4.78, 5) is 25.8. The van der Waals surface area contributed by atoms with Crippen molar-refractivity contribution >= 4 is 23.5 Å². The Balaban J connectivity index is 2.17. The summed E-state index contributed by atoms with van der Waals surface area (Å²) < 4.78 is 0. The van der Waals surface area contributed by atoms with Crippen LogP contribution in [0.3, 0.4) is 0 Å². The van der Waals surface area contributed by atoms with Gasteiger partial charge in [-0.3, -0.25) is 14.5 Å². The second-order valence-electron chi connectivity index (χ2n) is 4.79. The van der Waals surface area contributed by atoms with Crippen LogP contribution >= 0.6 is 0 Å². The van der Waals surface area contributed by atoms with Crippen molar-refractivity contribution in [3.63, 3.8) is 0 Å². The average Bonchev–Trinajstić information content (AvgIpc) is 2.75. The molecule has 0 saturated heterocycles. The molecule has 3 rings (SSSR count). The fourth-order valence-electron chi connectivity index (χ4n) is 2.46. The molecule has 1 aliphatic heterocycles. The molecule has 0 unspecified atom stereocenters. The molecule has 1 N–H and O–H groups in total. The van der Waals surface area contributed by atoms with Gasteiger partial charge in [0.2, 0.25) is 11.7 Å². The largest absolute Gasteiger partial charge is 0.507 e. The molecule has 2 aromatic rings. The smallest absolute Gasteiger partial charge is 0.228 e. The van der Waals surface area contributed by atoms with Gasteiger partial charge in [0.25, 0.3) is 0 Å². The minimum Gasteiger partial charge on any atom is -0.507 e. The van der Waals surface area contributed by atoms with Crippen molar-refractivity contribution < 1.29 is 14.7 Å². The van der Waals surface area contributed by atoms with Crippen LogP contribution in [-0.4, -0.2) is 16.8 Å². The molecule has 4 nitrogen and oxygen atoms in total. The molecule has 2 aromatic carbocycles. The van der Waals surface area contributed by atoms with Crippen LogP contribution < -0.4 is 4.90 Å². The first-order valence-electron chi connectivity index (χ1n) is 6.53. The molecule has 0 bridgehead atoms. The quantitative estimate of drug-likeness (QED) is 0.816. The van der Waals surface area contributed by atoms with Crippen LogP contribution in [0.2, 0.25) is 0 Å². The number of ketones is 1. The standard InChI is InChI=1S/C17H13NO3/c1-11(19)18-14-8-4-3-7-13(14)17(21)15(18)10-12-6-2-5-9-16(12)20/h2-10,20H,1H3/b15-10-. The van der Waals surface area contributed by atoms with E-state index in [9.17, 15) is 14.7 Å². The molecule has 21 heavy (non-hydrogen) atoms. The number of rotatable bonds is 1. The van der Waals surface area contributed by atoms with E-state index in [0.29, 0.717) is 16.8 Å². The Kier molecular flexibility index (Phi) is 3.06. The maximum Gasteiger partial charge on any atom is 0.228 e. The molecule has 1 aliphatic rings. The molecule has 0 aromatic heterocycles. The molecule has 0 aliphatic carbocycles. The fourth-order valence-corrected chi connectivity index (χ4v) is 2.46. The number of benzene rings is 2. The van der Waals surface area contributed by atoms with Crippen LogP contribution in [-0.2, 0) is 4.79 Å². The zero-order valence-electron chi connectivity index (χ0n) is 11.4. The Labute approximate surface area is 121 Å². The van der Waals surface area contributed by atoms with E-state index in [-0.39, 0.29) is 23.1 Å². The Morgan fingerprint density at radius 2 is 1.76 bits per heavy atom. The van der Waals surface area contributed by atoms with Crippen LogP contribution in [0.15, 0.2) is 54.2 Å². The summed E-state index contributed by atoms with van der Waals surface area (Å²) in [6.07, 6.45) is 1.54. The molecule has 0 fully saturated rings. The normalized spacial score (nSPS) is 15.4. The number of carbonyl (C=O) groups excluding carboxylic acids is 2. The molecular formula is C17H13NO3. The van der Waals surface area contributed by atoms with Crippen LogP contribution in [0.5, 0.6) is 5.75 Å². The molecule has 4 heteroatoms. The first-order chi connectivity index (χ1) is 10.1. The molecule has 104 valence electrons. The zero-order valence-corrected chi connectivity index (χ0v) is 11.4. The maximum atomic E-state index is 12.5. The molecule has 0 radical (unpaired) electrons. The monoisotopic (exact) mass is 279 g/mol. The minimum absolute atomic E-state index is 0.0669. The van der Waals surface area contributed by atoms with Gasteiger partial charge in [0.15, 0.2) is 0 Å². The summed E-state index contributed by atoms with van der Waals surface area (Å²) >= 11 is 0. The number of fused-ring (bicyclic) bond motifs is 1. The predicted octanol–water partition coefficient (Wildman–Crippen LogP) is 2.98. The highest BCUT2D eigenvalue weighted by Crippen LogP contribution is 2.36. The molecule has 1 heterocycles. The molecule has 0 saturated carbocycles. The third-order valence-electron chi connectivity index (χ3n) is 3.41. The van der Waals surface area contributed by atoms with E-state index in [2.05, 4.69) is 0 Å². The highest BCUT2D eigenvalue weighted by atomic mass is 16.3. The highest BCUT2D eigenvalue weighted by Gasteiger charge is 2.34. The summed E-state index contributed by atoms with van der Waals surface area (Å²) in [6, 6.07) is 13.7. The van der Waals surface area contributed by atoms with Gasteiger partial charge in [0.05, 0.1) is 11.4 Å². The lowest BCUT2D eigenvalue weighted by Gasteiger charge is -2.16. The topological polar surface area (TPSA) is 57.6 Å². The van der Waals surface area contributed by atoms with Gasteiger partial charge >= 0.3 is 0 Å². The van der Waals surface area contributed by atoms with Crippen molar-refractivity contribution in [3.05, 3.63) is 65.4 Å². The third kappa shape index (κ3) is 2.10. The number of nitrogens with zero attached hydrogens (tertiary/aromatic N) is 1. The third-order valence-corrected chi connectivity index (χ3v) is 3.41. The lowest BCUT2D eigenvalue weighted by atomic mass is 10.1. The van der Waals surface area contributed by atoms with Crippen LogP contribution in [0.25, 0.3) is 6.08 Å². The Bertz CT molecular complexity index is 777. The summed E-state index contributed by atoms with van der Waals surface area (Å²) in [5.41, 5.74) is 1.83. The summed E-state index contributed by atoms with van der Waals surface area (Å²) in [6.45, 7) is 1.41. The Morgan fingerprint density at radius 3 is 2.48 bits per heavy atom. The van der Waals surface area contributed by atoms with Crippen molar-refractivity contribution in [3.8, 4) is 5.75 Å². The van der Waals surface area contributed by atoms with Gasteiger partial charge in [-0.15, -0.1) is 0 Å². The van der Waals surface area contributed by atoms with Gasteiger partial charge in [-0.25, -0.2) is 0 Å². The predicted molar refractivity (Wildman–Crippen MR) is 80.0 cm³/mol. The van der Waals surface area contributed by atoms with Crippen LogP contribution in [0, 0.1) is 0 Å². The number of phenolic OH excluding ortho intramolecular Hbond substituents is 1. The van der Waals surface area contributed by atoms with Gasteiger partial charge in [0, 0.05) is 18.1 Å². The van der Waals surface area contributed by atoms with Crippen molar-refractivity contribution in [2.24, 2.45) is 0 Å². The van der Waals surface area contributed by atoms with Crippen LogP contribution in [0.4, 0.5) is 5.69 Å². The van der Waals surface area contributed by atoms with E-state index in [1.54, 1.807) is 48.5 Å². The number of amides is 1. The molecule has 0 atom stereocenters. The van der Waals surface area contributed by atoms with Crippen molar-refractivity contribution in [1.82, 2.24) is 0 Å². The number of carbonyl (C=O) groups is 2. The fraction of sp³-hybridized carbons (Fsp3) is 0.0588. The van der Waals surface area contributed by atoms with Crippen molar-refractivity contribution in [2.75, 3.05) is 4.90 Å². The number of para-hydroxylation sites is 2. The first-order valence-corrected chi connectivity index (χ1v) is 6.53. The number of phenols is 1. The van der Waals surface area contributed by atoms with E-state index in [0.717, 1.165) is 0 Å². The number of anilines is 1. The van der Waals surface area contributed by atoms with Gasteiger partial charge in [-0.2, -0.15) is 0 Å². The van der Waals surface area contributed by atoms with E-state index >= 15 is 0 Å². The molecule has 1 amide bonds. The Hall–Kier alpha value is -2.88. The number of Topliss-reactive ketones (excluding diaryl/α,β-unsaturated/α-hetero) is 1. The van der Waals surface area contributed by atoms with E-state index < -0.39 is 0 Å². The van der Waals surface area contributed by atoms with E-state index in [4.69, 9.17) is 0 Å². The minimum atomic E-state index is -0.241. The molecular weight excluding hydrogens is 266 g/mol. The van der Waals surface area contributed by atoms with Crippen molar-refractivity contribution in [2.45, 2.75) is 6.92 Å². The SMILES string of the molecule is CC(=O)N1/C(=C\c2ccccc2O)C(=O)c2ccccc21. The van der Waals surface area contributed by atoms with Gasteiger partial charge < -0.3 is 5.11 Å². The zero-order chi connectivity index (χ0) is 15.0. The first kappa shape index (κ1) is 13.1. The average molecular weight is 279 g/mol. The summed E-state index contributed by atoms with van der Waals surface area (Å²) in [7, 11) is 0. The van der Waals surface area contributed by atoms with Gasteiger partial charge in [0.1, 0.15) is 5.75 Å². The number of hydrogen-bond acceptors (Lipinski definition) is 3.